The third kappa shape index (κ3) is 8.56. The van der Waals surface area contributed by atoms with Gasteiger partial charge in [0.25, 0.3) is 5.91 Å². The van der Waals surface area contributed by atoms with Crippen molar-refractivity contribution in [1.29, 1.82) is 0 Å². The van der Waals surface area contributed by atoms with Crippen LogP contribution in [-0.2, 0) is 27.5 Å². The molecular formula is C39H49N7O4. The maximum Gasteiger partial charge on any atom is 0.253 e. The van der Waals surface area contributed by atoms with Gasteiger partial charge in [-0.3, -0.25) is 29.4 Å². The quantitative estimate of drug-likeness (QED) is 0.219. The highest BCUT2D eigenvalue weighted by Crippen LogP contribution is 2.31. The number of hydrogen-bond donors (Lipinski definition) is 2. The van der Waals surface area contributed by atoms with Crippen LogP contribution in [0.3, 0.4) is 0 Å². The van der Waals surface area contributed by atoms with Gasteiger partial charge in [-0.1, -0.05) is 44.2 Å². The number of likely N-dealkylation sites (tertiary alicyclic amines) is 2. The molecule has 3 saturated heterocycles. The molecule has 3 aliphatic rings. The summed E-state index contributed by atoms with van der Waals surface area (Å²) >= 11 is 0. The number of anilines is 1. The predicted octanol–water partition coefficient (Wildman–Crippen LogP) is 4.77. The number of piperidine rings is 3. The Kier molecular flexibility index (Phi) is 11.2. The second-order valence-corrected chi connectivity index (χ2v) is 14.4. The Labute approximate surface area is 294 Å². The van der Waals surface area contributed by atoms with E-state index < -0.39 is 11.9 Å². The van der Waals surface area contributed by atoms with Gasteiger partial charge in [0.2, 0.25) is 24.2 Å². The van der Waals surface area contributed by atoms with Gasteiger partial charge in [-0.25, -0.2) is 9.97 Å². The topological polar surface area (TPSA) is 128 Å². The van der Waals surface area contributed by atoms with Crippen molar-refractivity contribution in [2.75, 3.05) is 31.5 Å². The van der Waals surface area contributed by atoms with Gasteiger partial charge < -0.3 is 15.1 Å². The monoisotopic (exact) mass is 679 g/mol. The van der Waals surface area contributed by atoms with Crippen LogP contribution in [0, 0.1) is 6.92 Å². The van der Waals surface area contributed by atoms with Crippen molar-refractivity contribution >= 4 is 30.1 Å². The number of aryl methyl sites for hydroxylation is 1. The van der Waals surface area contributed by atoms with E-state index in [-0.39, 0.29) is 24.3 Å². The third-order valence-electron chi connectivity index (χ3n) is 10.6. The van der Waals surface area contributed by atoms with E-state index in [1.54, 1.807) is 0 Å². The number of rotatable bonds is 11. The summed E-state index contributed by atoms with van der Waals surface area (Å²) in [6.45, 7) is 10.8. The number of carbonyl (C=O) groups excluding carboxylic acids is 4. The lowest BCUT2D eigenvalue weighted by Crippen LogP contribution is -2.51. The summed E-state index contributed by atoms with van der Waals surface area (Å²) < 4.78 is 0. The van der Waals surface area contributed by atoms with Crippen LogP contribution in [0.15, 0.2) is 54.9 Å². The Balaban J connectivity index is 0.960. The molecule has 2 N–H and O–H groups in total. The molecule has 4 amide bonds. The highest BCUT2D eigenvalue weighted by molar-refractivity contribution is 6.00. The van der Waals surface area contributed by atoms with Crippen molar-refractivity contribution in [2.45, 2.75) is 96.3 Å². The zero-order valence-corrected chi connectivity index (χ0v) is 29.4. The van der Waals surface area contributed by atoms with Gasteiger partial charge in [-0.05, 0) is 104 Å². The molecule has 1 aromatic heterocycles. The van der Waals surface area contributed by atoms with Crippen molar-refractivity contribution in [1.82, 2.24) is 30.0 Å². The van der Waals surface area contributed by atoms with Crippen LogP contribution in [0.5, 0.6) is 0 Å². The van der Waals surface area contributed by atoms with Crippen molar-refractivity contribution in [3.8, 4) is 0 Å². The molecule has 11 heteroatoms. The lowest BCUT2D eigenvalue weighted by Gasteiger charge is -2.33. The minimum Gasteiger partial charge on any atom is -0.351 e. The van der Waals surface area contributed by atoms with Crippen LogP contribution in [0.2, 0.25) is 0 Å². The Morgan fingerprint density at radius 3 is 2.32 bits per heavy atom. The van der Waals surface area contributed by atoms with Crippen LogP contribution < -0.4 is 10.6 Å². The average molecular weight is 680 g/mol. The number of nitrogens with zero attached hydrogens (tertiary/aromatic N) is 5. The zero-order valence-electron chi connectivity index (χ0n) is 29.4. The predicted molar refractivity (Wildman–Crippen MR) is 191 cm³/mol. The van der Waals surface area contributed by atoms with Gasteiger partial charge in [0.1, 0.15) is 6.04 Å². The molecule has 3 aliphatic heterocycles. The summed E-state index contributed by atoms with van der Waals surface area (Å²) in [4.78, 5) is 64.1. The number of nitrogens with one attached hydrogen (secondary N) is 2. The smallest absolute Gasteiger partial charge is 0.253 e. The van der Waals surface area contributed by atoms with Gasteiger partial charge in [-0.2, -0.15) is 0 Å². The number of carbonyl (C=O) groups is 4. The fourth-order valence-electron chi connectivity index (χ4n) is 7.27. The number of hydrogen-bond acceptors (Lipinski definition) is 8. The molecule has 2 aromatic carbocycles. The van der Waals surface area contributed by atoms with E-state index >= 15 is 0 Å². The van der Waals surface area contributed by atoms with E-state index in [1.165, 1.54) is 16.0 Å². The summed E-state index contributed by atoms with van der Waals surface area (Å²) in [5, 5.41) is 5.79. The molecule has 1 atom stereocenters. The third-order valence-corrected chi connectivity index (χ3v) is 10.6. The van der Waals surface area contributed by atoms with Crippen LogP contribution in [-0.4, -0.2) is 87.1 Å². The van der Waals surface area contributed by atoms with Crippen molar-refractivity contribution < 1.29 is 19.2 Å². The maximum absolute atomic E-state index is 13.3. The first-order chi connectivity index (χ1) is 24.2. The van der Waals surface area contributed by atoms with Gasteiger partial charge in [0.05, 0.1) is 0 Å². The number of aromatic nitrogens is 2. The van der Waals surface area contributed by atoms with E-state index in [0.717, 1.165) is 74.0 Å². The van der Waals surface area contributed by atoms with Gasteiger partial charge in [0.15, 0.2) is 0 Å². The van der Waals surface area contributed by atoms with Gasteiger partial charge in [-0.15, -0.1) is 0 Å². The molecule has 0 bridgehead atoms. The molecule has 3 fully saturated rings. The largest absolute Gasteiger partial charge is 0.351 e. The number of imide groups is 1. The Morgan fingerprint density at radius 1 is 0.980 bits per heavy atom. The first-order valence-corrected chi connectivity index (χ1v) is 18.0. The lowest BCUT2D eigenvalue weighted by atomic mass is 9.87. The van der Waals surface area contributed by atoms with Crippen LogP contribution in [0.4, 0.5) is 5.95 Å². The molecule has 264 valence electrons. The lowest BCUT2D eigenvalue weighted by molar-refractivity contribution is -0.141. The molecule has 1 unspecified atom stereocenters. The van der Waals surface area contributed by atoms with E-state index in [1.807, 2.05) is 36.4 Å². The Bertz CT molecular complexity index is 1660. The Hall–Kier alpha value is -4.64. The van der Waals surface area contributed by atoms with Crippen molar-refractivity contribution in [2.24, 2.45) is 0 Å². The van der Waals surface area contributed by atoms with Crippen LogP contribution in [0.25, 0.3) is 0 Å². The molecule has 0 radical (unpaired) electrons. The molecule has 0 saturated carbocycles. The minimum absolute atomic E-state index is 0.0826. The normalized spacial score (nSPS) is 19.4. The SMILES string of the molecule is Cc1ccc(C2CCN(Cc3ccc(C(=O)N4CCC(Nc5ncc(C(C)C)cn5)CC4)cc3)CC2)cc1CN(C=O)C1CCC(=O)NC1=O. The van der Waals surface area contributed by atoms with Crippen LogP contribution in [0.1, 0.15) is 102 Å². The fraction of sp³-hybridized carbons (Fsp3) is 0.487. The number of amides is 4. The second-order valence-electron chi connectivity index (χ2n) is 14.4. The standard InChI is InChI=1S/C39H49N7O4/c1-26(2)33-21-40-39(41-22-33)42-34-14-18-45(19-15-34)38(50)30-8-5-28(6-9-30)23-44-16-12-29(13-17-44)31-7-4-27(3)32(20-31)24-46(25-47)35-10-11-36(48)43-37(35)49/h4-9,20-22,25-26,29,34-35H,10-19,23-24H2,1-3H3,(H,40,41,42)(H,43,48,49). The van der Waals surface area contributed by atoms with E-state index in [0.29, 0.717) is 43.8 Å². The maximum atomic E-state index is 13.3. The summed E-state index contributed by atoms with van der Waals surface area (Å²) in [5.41, 5.74) is 6.41. The first kappa shape index (κ1) is 35.2. The summed E-state index contributed by atoms with van der Waals surface area (Å²) in [5.74, 6) is 0.859. The summed E-state index contributed by atoms with van der Waals surface area (Å²) in [6, 6.07) is 14.2. The molecule has 0 aliphatic carbocycles. The highest BCUT2D eigenvalue weighted by Gasteiger charge is 2.32. The van der Waals surface area contributed by atoms with Crippen LogP contribution >= 0.6 is 0 Å². The second kappa shape index (κ2) is 15.9. The minimum atomic E-state index is -0.626. The van der Waals surface area contributed by atoms with Gasteiger partial charge in [0, 0.05) is 56.6 Å². The zero-order chi connectivity index (χ0) is 35.2. The van der Waals surface area contributed by atoms with Crippen molar-refractivity contribution in [3.05, 3.63) is 88.2 Å². The molecular weight excluding hydrogens is 630 g/mol. The molecule has 11 nitrogen and oxygen atoms in total. The molecule has 3 aromatic rings. The van der Waals surface area contributed by atoms with E-state index in [4.69, 9.17) is 0 Å². The average Bonchev–Trinajstić information content (AvgIpc) is 3.12. The van der Waals surface area contributed by atoms with E-state index in [2.05, 4.69) is 69.7 Å². The summed E-state index contributed by atoms with van der Waals surface area (Å²) in [7, 11) is 0. The Morgan fingerprint density at radius 2 is 1.68 bits per heavy atom. The molecule has 0 spiro atoms. The molecule has 50 heavy (non-hydrogen) atoms. The molecule has 4 heterocycles. The van der Waals surface area contributed by atoms with Gasteiger partial charge >= 0.3 is 0 Å². The van der Waals surface area contributed by atoms with E-state index in [9.17, 15) is 19.2 Å². The summed E-state index contributed by atoms with van der Waals surface area (Å²) in [6.07, 6.45) is 8.86. The fourth-order valence-corrected chi connectivity index (χ4v) is 7.27. The molecule has 6 rings (SSSR count). The highest BCUT2D eigenvalue weighted by atomic mass is 16.2. The number of benzene rings is 2. The first-order valence-electron chi connectivity index (χ1n) is 18.0. The van der Waals surface area contributed by atoms with Crippen molar-refractivity contribution in [3.63, 3.8) is 0 Å².